The molecule has 0 fully saturated rings. The number of hydrogen-bond acceptors (Lipinski definition) is 5. The molecular formula is C29H25N5O2S. The fourth-order valence-electron chi connectivity index (χ4n) is 4.49. The Balaban J connectivity index is 1.22. The van der Waals surface area contributed by atoms with E-state index in [4.69, 9.17) is 4.98 Å². The predicted molar refractivity (Wildman–Crippen MR) is 147 cm³/mol. The molecule has 0 unspecified atom stereocenters. The molecule has 0 aliphatic heterocycles. The summed E-state index contributed by atoms with van der Waals surface area (Å²) < 4.78 is 30.0. The van der Waals surface area contributed by atoms with Crippen molar-refractivity contribution in [3.8, 4) is 0 Å². The van der Waals surface area contributed by atoms with E-state index in [2.05, 4.69) is 45.4 Å². The molecule has 0 radical (unpaired) electrons. The summed E-state index contributed by atoms with van der Waals surface area (Å²) in [4.78, 5) is 9.61. The number of nitrogens with zero attached hydrogens (tertiary/aromatic N) is 3. The fourth-order valence-corrected chi connectivity index (χ4v) is 5.55. The van der Waals surface area contributed by atoms with E-state index >= 15 is 0 Å². The Bertz CT molecular complexity index is 1740. The van der Waals surface area contributed by atoms with E-state index in [1.165, 1.54) is 16.7 Å². The Kier molecular flexibility index (Phi) is 5.73. The molecule has 0 amide bonds. The van der Waals surface area contributed by atoms with Crippen LogP contribution >= 0.6 is 0 Å². The van der Waals surface area contributed by atoms with Crippen molar-refractivity contribution in [2.75, 3.05) is 10.0 Å². The first kappa shape index (κ1) is 23.0. The summed E-state index contributed by atoms with van der Waals surface area (Å²) in [6.45, 7) is 1.92. The van der Waals surface area contributed by atoms with Gasteiger partial charge >= 0.3 is 0 Å². The maximum Gasteiger partial charge on any atom is 0.261 e. The maximum absolute atomic E-state index is 12.7. The average Bonchev–Trinajstić information content (AvgIpc) is 3.35. The van der Waals surface area contributed by atoms with Gasteiger partial charge in [0.05, 0.1) is 10.6 Å². The normalized spacial score (nSPS) is 13.2. The average molecular weight is 508 g/mol. The first-order valence-corrected chi connectivity index (χ1v) is 13.5. The van der Waals surface area contributed by atoms with Crippen molar-refractivity contribution >= 4 is 44.5 Å². The van der Waals surface area contributed by atoms with Crippen LogP contribution in [0, 0.1) is 6.92 Å². The molecule has 8 heteroatoms. The Hall–Kier alpha value is -4.43. The molecule has 2 N–H and O–H groups in total. The van der Waals surface area contributed by atoms with E-state index in [-0.39, 0.29) is 4.90 Å². The number of anilines is 3. The van der Waals surface area contributed by atoms with Crippen molar-refractivity contribution in [2.24, 2.45) is 0 Å². The van der Waals surface area contributed by atoms with Gasteiger partial charge in [-0.3, -0.25) is 4.72 Å². The largest absolute Gasteiger partial charge is 0.337 e. The number of aromatic nitrogens is 3. The van der Waals surface area contributed by atoms with Crippen LogP contribution in [0.4, 0.5) is 17.2 Å². The van der Waals surface area contributed by atoms with Crippen LogP contribution in [0.1, 0.15) is 28.8 Å². The van der Waals surface area contributed by atoms with Crippen LogP contribution in [0.15, 0.2) is 96.3 Å². The van der Waals surface area contributed by atoms with Gasteiger partial charge < -0.3 is 9.72 Å². The number of fused-ring (bicyclic) bond motifs is 2. The van der Waals surface area contributed by atoms with Gasteiger partial charge in [0.25, 0.3) is 10.0 Å². The topological polar surface area (TPSA) is 88.4 Å². The second kappa shape index (κ2) is 9.22. The zero-order valence-corrected chi connectivity index (χ0v) is 21.0. The first-order valence-electron chi connectivity index (χ1n) is 12.0. The van der Waals surface area contributed by atoms with Crippen molar-refractivity contribution in [1.82, 2.24) is 14.4 Å². The van der Waals surface area contributed by atoms with E-state index in [0.29, 0.717) is 11.5 Å². The second-order valence-electron chi connectivity index (χ2n) is 9.12. The highest BCUT2D eigenvalue weighted by Gasteiger charge is 2.16. The number of allylic oxidation sites excluding steroid dienone is 1. The number of nitrogens with one attached hydrogen (secondary N) is 2. The van der Waals surface area contributed by atoms with Crippen LogP contribution in [0.25, 0.3) is 17.3 Å². The molecule has 6 rings (SSSR count). The number of imidazole rings is 1. The Morgan fingerprint density at radius 2 is 1.65 bits per heavy atom. The van der Waals surface area contributed by atoms with E-state index in [9.17, 15) is 8.42 Å². The zero-order valence-electron chi connectivity index (χ0n) is 20.2. The third-order valence-corrected chi connectivity index (χ3v) is 7.88. The fraction of sp³-hybridized carbons (Fsp3) is 0.103. The Labute approximate surface area is 215 Å². The minimum Gasteiger partial charge on any atom is -0.337 e. The van der Waals surface area contributed by atoms with Crippen LogP contribution in [0.3, 0.4) is 0 Å². The predicted octanol–water partition coefficient (Wildman–Crippen LogP) is 6.07. The van der Waals surface area contributed by atoms with Crippen LogP contribution in [0.5, 0.6) is 0 Å². The minimum atomic E-state index is -3.66. The lowest BCUT2D eigenvalue weighted by Crippen LogP contribution is -2.12. The van der Waals surface area contributed by atoms with Gasteiger partial charge in [-0.2, -0.15) is 0 Å². The highest BCUT2D eigenvalue weighted by atomic mass is 32.2. The molecule has 0 saturated carbocycles. The molecule has 37 heavy (non-hydrogen) atoms. The molecule has 5 aromatic rings. The molecule has 184 valence electrons. The summed E-state index contributed by atoms with van der Waals surface area (Å²) in [5, 5.41) is 3.32. The number of sulfonamides is 1. The van der Waals surface area contributed by atoms with Gasteiger partial charge in [0, 0.05) is 30.0 Å². The van der Waals surface area contributed by atoms with Gasteiger partial charge in [0.2, 0.25) is 0 Å². The molecule has 7 nitrogen and oxygen atoms in total. The molecule has 3 aromatic carbocycles. The molecule has 0 spiro atoms. The zero-order chi connectivity index (χ0) is 25.4. The molecule has 0 atom stereocenters. The summed E-state index contributed by atoms with van der Waals surface area (Å²) in [6.07, 6.45) is 9.81. The molecule has 1 aliphatic rings. The third kappa shape index (κ3) is 4.71. The SMILES string of the molecule is Cc1ccc(S(=O)(=O)Nc2ccc(Nc3nccn4cc(C5=Cc6ccccc6CC5)nc34)cc2)cc1. The standard InChI is InChI=1S/C29H25N5O2S/c1-20-6-14-26(15-7-20)37(35,36)33-25-12-10-24(11-13-25)31-28-29-32-27(19-34(29)17-16-30-28)23-9-8-21-4-2-3-5-22(21)18-23/h2-7,10-19,33H,8-9H2,1H3,(H,30,31). The van der Waals surface area contributed by atoms with E-state index in [1.54, 1.807) is 42.6 Å². The molecule has 1 aliphatic carbocycles. The van der Waals surface area contributed by atoms with Crippen molar-refractivity contribution in [3.05, 3.63) is 114 Å². The quantitative estimate of drug-likeness (QED) is 0.291. The summed E-state index contributed by atoms with van der Waals surface area (Å²) in [6, 6.07) is 22.3. The number of benzene rings is 3. The monoisotopic (exact) mass is 507 g/mol. The highest BCUT2D eigenvalue weighted by molar-refractivity contribution is 7.92. The van der Waals surface area contributed by atoms with Crippen molar-refractivity contribution < 1.29 is 8.42 Å². The third-order valence-electron chi connectivity index (χ3n) is 6.48. The number of rotatable bonds is 6. The summed E-state index contributed by atoms with van der Waals surface area (Å²) in [7, 11) is -3.66. The number of aryl methyl sites for hydroxylation is 2. The van der Waals surface area contributed by atoms with Crippen molar-refractivity contribution in [1.29, 1.82) is 0 Å². The van der Waals surface area contributed by atoms with E-state index in [1.807, 2.05) is 35.9 Å². The van der Waals surface area contributed by atoms with Gasteiger partial charge in [-0.25, -0.2) is 18.4 Å². The first-order chi connectivity index (χ1) is 17.9. The van der Waals surface area contributed by atoms with Crippen molar-refractivity contribution in [2.45, 2.75) is 24.7 Å². The highest BCUT2D eigenvalue weighted by Crippen LogP contribution is 2.31. The molecule has 2 heterocycles. The van der Waals surface area contributed by atoms with Gasteiger partial charge in [0.15, 0.2) is 11.5 Å². The smallest absolute Gasteiger partial charge is 0.261 e. The molecular weight excluding hydrogens is 482 g/mol. The van der Waals surface area contributed by atoms with Gasteiger partial charge in [-0.1, -0.05) is 42.0 Å². The van der Waals surface area contributed by atoms with Crippen molar-refractivity contribution in [3.63, 3.8) is 0 Å². The lowest BCUT2D eigenvalue weighted by atomic mass is 9.91. The summed E-state index contributed by atoms with van der Waals surface area (Å²) >= 11 is 0. The molecule has 2 aromatic heterocycles. The lowest BCUT2D eigenvalue weighted by molar-refractivity contribution is 0.601. The summed E-state index contributed by atoms with van der Waals surface area (Å²) in [5.41, 5.74) is 7.73. The maximum atomic E-state index is 12.7. The lowest BCUT2D eigenvalue weighted by Gasteiger charge is -2.14. The molecule has 0 bridgehead atoms. The van der Waals surface area contributed by atoms with E-state index < -0.39 is 10.0 Å². The van der Waals surface area contributed by atoms with Crippen LogP contribution in [-0.2, 0) is 16.4 Å². The Morgan fingerprint density at radius 1 is 0.892 bits per heavy atom. The van der Waals surface area contributed by atoms with Crippen LogP contribution in [0.2, 0.25) is 0 Å². The van der Waals surface area contributed by atoms with Gasteiger partial charge in [-0.05, 0) is 78.9 Å². The number of hydrogen-bond donors (Lipinski definition) is 2. The summed E-state index contributed by atoms with van der Waals surface area (Å²) in [5.74, 6) is 0.624. The Morgan fingerprint density at radius 3 is 2.46 bits per heavy atom. The van der Waals surface area contributed by atoms with Crippen LogP contribution in [-0.4, -0.2) is 22.8 Å². The molecule has 0 saturated heterocycles. The van der Waals surface area contributed by atoms with Gasteiger partial charge in [-0.15, -0.1) is 0 Å². The second-order valence-corrected chi connectivity index (χ2v) is 10.8. The van der Waals surface area contributed by atoms with Crippen LogP contribution < -0.4 is 10.0 Å². The van der Waals surface area contributed by atoms with Gasteiger partial charge in [0.1, 0.15) is 0 Å². The van der Waals surface area contributed by atoms with E-state index in [0.717, 1.165) is 35.4 Å². The minimum absolute atomic E-state index is 0.225.